The maximum absolute atomic E-state index is 12.2. The minimum atomic E-state index is -0.436. The van der Waals surface area contributed by atoms with Crippen LogP contribution >= 0.6 is 0 Å². The van der Waals surface area contributed by atoms with Gasteiger partial charge in [0.25, 0.3) is 5.91 Å². The Labute approximate surface area is 138 Å². The van der Waals surface area contributed by atoms with Crippen LogP contribution in [0.25, 0.3) is 0 Å². The smallest absolute Gasteiger partial charge is 0.261 e. The van der Waals surface area contributed by atoms with Gasteiger partial charge in [-0.05, 0) is 43.9 Å². The molecular formula is C20H25NO2. The maximum atomic E-state index is 12.2. The molecule has 1 atom stereocenters. The minimum absolute atomic E-state index is 0.0406. The number of benzene rings is 2. The third-order valence-electron chi connectivity index (χ3n) is 3.75. The molecule has 2 aromatic carbocycles. The van der Waals surface area contributed by atoms with Crippen molar-refractivity contribution in [1.82, 2.24) is 5.32 Å². The molecule has 3 heteroatoms. The van der Waals surface area contributed by atoms with Crippen molar-refractivity contribution < 1.29 is 9.53 Å². The molecule has 0 radical (unpaired) electrons. The van der Waals surface area contributed by atoms with Crippen molar-refractivity contribution in [3.63, 3.8) is 0 Å². The average molecular weight is 311 g/mol. The predicted molar refractivity (Wildman–Crippen MR) is 93.7 cm³/mol. The number of hydrogen-bond acceptors (Lipinski definition) is 2. The van der Waals surface area contributed by atoms with Gasteiger partial charge in [-0.2, -0.15) is 0 Å². The van der Waals surface area contributed by atoms with E-state index in [0.29, 0.717) is 13.0 Å². The molecule has 23 heavy (non-hydrogen) atoms. The summed E-state index contributed by atoms with van der Waals surface area (Å²) in [5.74, 6) is 0.697. The molecule has 1 N–H and O–H groups in total. The third-order valence-corrected chi connectivity index (χ3v) is 3.75. The second-order valence-corrected chi connectivity index (χ2v) is 5.71. The largest absolute Gasteiger partial charge is 0.481 e. The van der Waals surface area contributed by atoms with Crippen LogP contribution in [-0.2, 0) is 11.2 Å². The molecule has 0 aliphatic heterocycles. The molecule has 0 aliphatic carbocycles. The summed E-state index contributed by atoms with van der Waals surface area (Å²) in [5.41, 5.74) is 2.47. The van der Waals surface area contributed by atoms with Crippen LogP contribution in [0.1, 0.15) is 30.9 Å². The Balaban J connectivity index is 1.75. The van der Waals surface area contributed by atoms with E-state index in [4.69, 9.17) is 4.74 Å². The van der Waals surface area contributed by atoms with E-state index in [0.717, 1.165) is 18.6 Å². The van der Waals surface area contributed by atoms with Crippen LogP contribution in [0.3, 0.4) is 0 Å². The molecule has 0 bridgehead atoms. The van der Waals surface area contributed by atoms with E-state index in [9.17, 15) is 4.79 Å². The van der Waals surface area contributed by atoms with Gasteiger partial charge in [0.2, 0.25) is 0 Å². The zero-order chi connectivity index (χ0) is 16.5. The van der Waals surface area contributed by atoms with Crippen molar-refractivity contribution in [2.75, 3.05) is 6.54 Å². The van der Waals surface area contributed by atoms with Crippen LogP contribution in [0.4, 0.5) is 0 Å². The molecule has 0 aromatic heterocycles. The topological polar surface area (TPSA) is 38.3 Å². The Bertz CT molecular complexity index is 593. The quantitative estimate of drug-likeness (QED) is 0.751. The number of aryl methyl sites for hydroxylation is 2. The van der Waals surface area contributed by atoms with Crippen LogP contribution in [0.2, 0.25) is 0 Å². The van der Waals surface area contributed by atoms with Crippen LogP contribution in [0.15, 0.2) is 54.6 Å². The van der Waals surface area contributed by atoms with Gasteiger partial charge in [0.1, 0.15) is 5.75 Å². The summed E-state index contributed by atoms with van der Waals surface area (Å²) in [6.07, 6.45) is 2.11. The monoisotopic (exact) mass is 311 g/mol. The Morgan fingerprint density at radius 3 is 2.43 bits per heavy atom. The summed E-state index contributed by atoms with van der Waals surface area (Å²) < 4.78 is 5.78. The number of ether oxygens (including phenoxy) is 1. The minimum Gasteiger partial charge on any atom is -0.481 e. The molecule has 0 aliphatic rings. The van der Waals surface area contributed by atoms with Crippen molar-refractivity contribution >= 4 is 5.91 Å². The molecule has 0 saturated heterocycles. The van der Waals surface area contributed by atoms with Gasteiger partial charge in [0, 0.05) is 6.54 Å². The van der Waals surface area contributed by atoms with E-state index in [2.05, 4.69) is 17.4 Å². The molecule has 0 fully saturated rings. The summed E-state index contributed by atoms with van der Waals surface area (Å²) in [6, 6.07) is 18.1. The first kappa shape index (κ1) is 17.1. The van der Waals surface area contributed by atoms with E-state index in [1.54, 1.807) is 0 Å². The maximum Gasteiger partial charge on any atom is 0.261 e. The summed E-state index contributed by atoms with van der Waals surface area (Å²) in [7, 11) is 0. The number of carbonyl (C=O) groups is 1. The van der Waals surface area contributed by atoms with Crippen LogP contribution < -0.4 is 10.1 Å². The lowest BCUT2D eigenvalue weighted by Crippen LogP contribution is -2.38. The SMILES string of the molecule is CCC(Oc1ccc(C)cc1)C(=O)NCCCc1ccccc1. The summed E-state index contributed by atoms with van der Waals surface area (Å²) in [6.45, 7) is 4.66. The number of rotatable bonds is 8. The number of nitrogens with one attached hydrogen (secondary N) is 1. The Morgan fingerprint density at radius 2 is 1.78 bits per heavy atom. The Kier molecular flexibility index (Phi) is 6.67. The fourth-order valence-electron chi connectivity index (χ4n) is 2.37. The van der Waals surface area contributed by atoms with Gasteiger partial charge in [0.05, 0.1) is 0 Å². The van der Waals surface area contributed by atoms with Gasteiger partial charge in [-0.15, -0.1) is 0 Å². The number of carbonyl (C=O) groups excluding carboxylic acids is 1. The highest BCUT2D eigenvalue weighted by Gasteiger charge is 2.17. The lowest BCUT2D eigenvalue weighted by Gasteiger charge is -2.17. The third kappa shape index (κ3) is 5.78. The Hall–Kier alpha value is -2.29. The van der Waals surface area contributed by atoms with E-state index < -0.39 is 6.10 Å². The first-order valence-electron chi connectivity index (χ1n) is 8.24. The van der Waals surface area contributed by atoms with Crippen molar-refractivity contribution in [2.24, 2.45) is 0 Å². The molecule has 3 nitrogen and oxygen atoms in total. The summed E-state index contributed by atoms with van der Waals surface area (Å²) in [4.78, 5) is 12.2. The van der Waals surface area contributed by atoms with Gasteiger partial charge in [-0.25, -0.2) is 0 Å². The molecule has 1 amide bonds. The summed E-state index contributed by atoms with van der Waals surface area (Å²) >= 11 is 0. The molecule has 2 rings (SSSR count). The highest BCUT2D eigenvalue weighted by molar-refractivity contribution is 5.81. The van der Waals surface area contributed by atoms with Gasteiger partial charge in [-0.3, -0.25) is 4.79 Å². The lowest BCUT2D eigenvalue weighted by molar-refractivity contribution is -0.128. The molecule has 122 valence electrons. The Morgan fingerprint density at radius 1 is 1.09 bits per heavy atom. The first-order chi connectivity index (χ1) is 11.2. The van der Waals surface area contributed by atoms with E-state index in [-0.39, 0.29) is 5.91 Å². The molecular weight excluding hydrogens is 286 g/mol. The van der Waals surface area contributed by atoms with Crippen LogP contribution in [0, 0.1) is 6.92 Å². The number of amides is 1. The predicted octanol–water partition coefficient (Wildman–Crippen LogP) is 3.90. The van der Waals surface area contributed by atoms with Crippen molar-refractivity contribution in [3.05, 3.63) is 65.7 Å². The highest BCUT2D eigenvalue weighted by atomic mass is 16.5. The standard InChI is InChI=1S/C20H25NO2/c1-3-19(23-18-13-11-16(2)12-14-18)20(22)21-15-7-10-17-8-5-4-6-9-17/h4-6,8-9,11-14,19H,3,7,10,15H2,1-2H3,(H,21,22). The van der Waals surface area contributed by atoms with E-state index in [1.807, 2.05) is 56.3 Å². The van der Waals surface area contributed by atoms with Gasteiger partial charge < -0.3 is 10.1 Å². The number of hydrogen-bond donors (Lipinski definition) is 1. The fraction of sp³-hybridized carbons (Fsp3) is 0.350. The second-order valence-electron chi connectivity index (χ2n) is 5.71. The van der Waals surface area contributed by atoms with Gasteiger partial charge >= 0.3 is 0 Å². The van der Waals surface area contributed by atoms with Crippen LogP contribution in [-0.4, -0.2) is 18.6 Å². The van der Waals surface area contributed by atoms with Crippen LogP contribution in [0.5, 0.6) is 5.75 Å². The normalized spacial score (nSPS) is 11.7. The average Bonchev–Trinajstić information content (AvgIpc) is 2.59. The molecule has 1 unspecified atom stereocenters. The van der Waals surface area contributed by atoms with Gasteiger partial charge in [0.15, 0.2) is 6.10 Å². The second kappa shape index (κ2) is 8.99. The fourth-order valence-corrected chi connectivity index (χ4v) is 2.37. The van der Waals surface area contributed by atoms with Crippen molar-refractivity contribution in [1.29, 1.82) is 0 Å². The van der Waals surface area contributed by atoms with Crippen molar-refractivity contribution in [3.8, 4) is 5.75 Å². The molecule has 0 spiro atoms. The molecule has 0 heterocycles. The highest BCUT2D eigenvalue weighted by Crippen LogP contribution is 2.14. The lowest BCUT2D eigenvalue weighted by atomic mass is 10.1. The first-order valence-corrected chi connectivity index (χ1v) is 8.24. The summed E-state index contributed by atoms with van der Waals surface area (Å²) in [5, 5.41) is 2.97. The molecule has 2 aromatic rings. The zero-order valence-corrected chi connectivity index (χ0v) is 13.9. The van der Waals surface area contributed by atoms with Gasteiger partial charge in [-0.1, -0.05) is 55.0 Å². The van der Waals surface area contributed by atoms with E-state index >= 15 is 0 Å². The van der Waals surface area contributed by atoms with E-state index in [1.165, 1.54) is 11.1 Å². The zero-order valence-electron chi connectivity index (χ0n) is 13.9. The molecule has 0 saturated carbocycles. The van der Waals surface area contributed by atoms with Crippen molar-refractivity contribution in [2.45, 2.75) is 39.2 Å².